The smallest absolute Gasteiger partial charge is 0.271 e. The van der Waals surface area contributed by atoms with Gasteiger partial charge in [-0.2, -0.15) is 5.10 Å². The normalized spacial score (nSPS) is 10.2. The van der Waals surface area contributed by atoms with Crippen LogP contribution in [0.3, 0.4) is 0 Å². The number of carbonyl (C=O) groups is 2. The van der Waals surface area contributed by atoms with Gasteiger partial charge >= 0.3 is 0 Å². The Morgan fingerprint density at radius 2 is 1.74 bits per heavy atom. The van der Waals surface area contributed by atoms with E-state index in [2.05, 4.69) is 16.0 Å². The van der Waals surface area contributed by atoms with Gasteiger partial charge in [0.15, 0.2) is 0 Å². The monoisotopic (exact) mass is 374 g/mol. The van der Waals surface area contributed by atoms with E-state index in [-0.39, 0.29) is 10.0 Å². The Balaban J connectivity index is 1.95. The number of hydrogen-bond acceptors (Lipinski definition) is 4. The van der Waals surface area contributed by atoms with Crippen molar-refractivity contribution in [2.24, 2.45) is 0 Å². The fourth-order valence-electron chi connectivity index (χ4n) is 1.53. The lowest BCUT2D eigenvalue weighted by Gasteiger charge is -2.08. The summed E-state index contributed by atoms with van der Waals surface area (Å²) < 4.78 is 0.817. The second-order valence-corrected chi connectivity index (χ2v) is 5.50. The van der Waals surface area contributed by atoms with E-state index in [1.807, 2.05) is 0 Å². The third-order valence-corrected chi connectivity index (χ3v) is 3.66. The standard InChI is InChI=1S/C13H9Cl3N4O3/c14-8-3-1-7(2-4-8)12(22)19-18-10(21)6-20-13(23)11(16)9(15)5-17-20/h1-5H,6H2,(H,18,21)(H,19,22). The number of carbonyl (C=O) groups excluding carboxylic acids is 2. The van der Waals surface area contributed by atoms with Gasteiger partial charge in [0.2, 0.25) is 0 Å². The number of amides is 2. The minimum atomic E-state index is -0.710. The number of nitrogens with one attached hydrogen (secondary N) is 2. The Hall–Kier alpha value is -2.09. The summed E-state index contributed by atoms with van der Waals surface area (Å²) in [7, 11) is 0. The van der Waals surface area contributed by atoms with Crippen molar-refractivity contribution in [1.82, 2.24) is 20.6 Å². The van der Waals surface area contributed by atoms with Crippen molar-refractivity contribution < 1.29 is 9.59 Å². The summed E-state index contributed by atoms with van der Waals surface area (Å²) in [5.74, 6) is -1.20. The molecule has 0 aliphatic carbocycles. The van der Waals surface area contributed by atoms with Gasteiger partial charge in [-0.1, -0.05) is 34.8 Å². The average molecular weight is 376 g/mol. The predicted octanol–water partition coefficient (Wildman–Crippen LogP) is 1.66. The molecule has 1 aromatic heterocycles. The van der Waals surface area contributed by atoms with E-state index in [4.69, 9.17) is 34.8 Å². The van der Waals surface area contributed by atoms with Gasteiger partial charge in [0.05, 0.1) is 11.2 Å². The highest BCUT2D eigenvalue weighted by Crippen LogP contribution is 2.14. The molecule has 2 aromatic rings. The lowest BCUT2D eigenvalue weighted by Crippen LogP contribution is -2.44. The Labute approximate surface area is 145 Å². The van der Waals surface area contributed by atoms with Gasteiger partial charge in [0.25, 0.3) is 17.4 Å². The van der Waals surface area contributed by atoms with Gasteiger partial charge in [-0.25, -0.2) is 4.68 Å². The Morgan fingerprint density at radius 3 is 2.39 bits per heavy atom. The van der Waals surface area contributed by atoms with E-state index >= 15 is 0 Å². The van der Waals surface area contributed by atoms with Gasteiger partial charge in [0, 0.05) is 10.6 Å². The fraction of sp³-hybridized carbons (Fsp3) is 0.0769. The Kier molecular flexibility index (Phi) is 5.59. The summed E-state index contributed by atoms with van der Waals surface area (Å²) in [6, 6.07) is 6.07. The maximum Gasteiger partial charge on any atom is 0.287 e. The van der Waals surface area contributed by atoms with Crippen molar-refractivity contribution in [3.05, 3.63) is 61.4 Å². The number of halogens is 3. The van der Waals surface area contributed by atoms with Gasteiger partial charge in [-0.15, -0.1) is 0 Å². The largest absolute Gasteiger partial charge is 0.287 e. The molecule has 7 nitrogen and oxygen atoms in total. The molecule has 0 unspecified atom stereocenters. The average Bonchev–Trinajstić information content (AvgIpc) is 2.54. The van der Waals surface area contributed by atoms with Crippen LogP contribution in [0.2, 0.25) is 15.1 Å². The second-order valence-electron chi connectivity index (χ2n) is 4.28. The van der Waals surface area contributed by atoms with Gasteiger partial charge in [-0.3, -0.25) is 25.2 Å². The first kappa shape index (κ1) is 17.3. The lowest BCUT2D eigenvalue weighted by atomic mass is 10.2. The zero-order valence-electron chi connectivity index (χ0n) is 11.3. The molecule has 0 fully saturated rings. The first-order valence-electron chi connectivity index (χ1n) is 6.14. The molecule has 23 heavy (non-hydrogen) atoms. The van der Waals surface area contributed by atoms with Crippen LogP contribution in [0.5, 0.6) is 0 Å². The molecule has 0 atom stereocenters. The maximum atomic E-state index is 11.8. The van der Waals surface area contributed by atoms with Crippen LogP contribution in [0.15, 0.2) is 35.3 Å². The zero-order valence-corrected chi connectivity index (χ0v) is 13.6. The van der Waals surface area contributed by atoms with Crippen molar-refractivity contribution in [3.63, 3.8) is 0 Å². The first-order chi connectivity index (χ1) is 10.9. The molecule has 1 heterocycles. The van der Waals surface area contributed by atoms with Crippen LogP contribution in [0.25, 0.3) is 0 Å². The van der Waals surface area contributed by atoms with Crippen molar-refractivity contribution in [3.8, 4) is 0 Å². The molecule has 10 heteroatoms. The van der Waals surface area contributed by atoms with Crippen LogP contribution in [0, 0.1) is 0 Å². The van der Waals surface area contributed by atoms with Gasteiger partial charge in [0.1, 0.15) is 11.6 Å². The van der Waals surface area contributed by atoms with Crippen molar-refractivity contribution in [2.75, 3.05) is 0 Å². The topological polar surface area (TPSA) is 93.1 Å². The summed E-state index contributed by atoms with van der Waals surface area (Å²) in [6.45, 7) is -0.434. The van der Waals surface area contributed by atoms with Crippen LogP contribution in [0.1, 0.15) is 10.4 Å². The van der Waals surface area contributed by atoms with Crippen LogP contribution < -0.4 is 16.4 Å². The van der Waals surface area contributed by atoms with E-state index < -0.39 is 23.9 Å². The number of nitrogens with zero attached hydrogens (tertiary/aromatic N) is 2. The van der Waals surface area contributed by atoms with E-state index in [9.17, 15) is 14.4 Å². The third-order valence-electron chi connectivity index (χ3n) is 2.66. The maximum absolute atomic E-state index is 11.8. The van der Waals surface area contributed by atoms with E-state index in [1.54, 1.807) is 0 Å². The van der Waals surface area contributed by atoms with Crippen molar-refractivity contribution >= 4 is 46.6 Å². The third kappa shape index (κ3) is 4.44. The molecule has 0 saturated heterocycles. The molecule has 0 radical (unpaired) electrons. The Bertz CT molecular complexity index is 805. The molecule has 2 rings (SSSR count). The molecule has 0 spiro atoms. The SMILES string of the molecule is O=C(Cn1ncc(Cl)c(Cl)c1=O)NNC(=O)c1ccc(Cl)cc1. The van der Waals surface area contributed by atoms with E-state index in [0.29, 0.717) is 10.6 Å². The number of hydrazine groups is 1. The molecule has 0 bridgehead atoms. The number of hydrogen-bond donors (Lipinski definition) is 2. The van der Waals surface area contributed by atoms with Crippen LogP contribution in [-0.2, 0) is 11.3 Å². The summed E-state index contributed by atoms with van der Waals surface area (Å²) >= 11 is 17.0. The number of aromatic nitrogens is 2. The minimum absolute atomic E-state index is 0.00985. The molecule has 120 valence electrons. The van der Waals surface area contributed by atoms with Crippen LogP contribution >= 0.6 is 34.8 Å². The number of rotatable bonds is 3. The van der Waals surface area contributed by atoms with Gasteiger partial charge in [-0.05, 0) is 24.3 Å². The first-order valence-corrected chi connectivity index (χ1v) is 7.27. The molecule has 1 aromatic carbocycles. The Morgan fingerprint density at radius 1 is 1.09 bits per heavy atom. The summed E-state index contributed by atoms with van der Waals surface area (Å²) in [4.78, 5) is 35.2. The highest BCUT2D eigenvalue weighted by atomic mass is 35.5. The molecular formula is C13H9Cl3N4O3. The van der Waals surface area contributed by atoms with Gasteiger partial charge < -0.3 is 0 Å². The van der Waals surface area contributed by atoms with Crippen LogP contribution in [0.4, 0.5) is 0 Å². The van der Waals surface area contributed by atoms with Crippen LogP contribution in [-0.4, -0.2) is 21.6 Å². The number of benzene rings is 1. The fourth-order valence-corrected chi connectivity index (χ4v) is 1.93. The molecule has 0 aliphatic rings. The highest BCUT2D eigenvalue weighted by Gasteiger charge is 2.12. The predicted molar refractivity (Wildman–Crippen MR) is 85.6 cm³/mol. The molecule has 2 amide bonds. The highest BCUT2D eigenvalue weighted by molar-refractivity contribution is 6.41. The lowest BCUT2D eigenvalue weighted by molar-refractivity contribution is -0.122. The zero-order chi connectivity index (χ0) is 17.0. The van der Waals surface area contributed by atoms with E-state index in [1.165, 1.54) is 24.3 Å². The summed E-state index contributed by atoms with van der Waals surface area (Å²) in [6.07, 6.45) is 1.14. The summed E-state index contributed by atoms with van der Waals surface area (Å²) in [5, 5.41) is 3.91. The molecular weight excluding hydrogens is 367 g/mol. The van der Waals surface area contributed by atoms with Crippen molar-refractivity contribution in [1.29, 1.82) is 0 Å². The molecule has 2 N–H and O–H groups in total. The van der Waals surface area contributed by atoms with E-state index in [0.717, 1.165) is 10.9 Å². The summed E-state index contributed by atoms with van der Waals surface area (Å²) in [5.41, 5.74) is 3.95. The quantitative estimate of drug-likeness (QED) is 0.798. The second kappa shape index (κ2) is 7.45. The minimum Gasteiger partial charge on any atom is -0.271 e. The molecule has 0 saturated carbocycles. The van der Waals surface area contributed by atoms with Crippen molar-refractivity contribution in [2.45, 2.75) is 6.54 Å². The molecule has 0 aliphatic heterocycles.